The number of nitrogens with two attached hydrogens (primary N) is 1. The fourth-order valence-corrected chi connectivity index (χ4v) is 1.62. The van der Waals surface area contributed by atoms with Gasteiger partial charge in [-0.2, -0.15) is 0 Å². The summed E-state index contributed by atoms with van der Waals surface area (Å²) < 4.78 is 0. The van der Waals surface area contributed by atoms with Gasteiger partial charge in [-0.1, -0.05) is 18.2 Å². The number of amides is 1. The third-order valence-corrected chi connectivity index (χ3v) is 3.10. The summed E-state index contributed by atoms with van der Waals surface area (Å²) in [4.78, 5) is 32.5. The number of aryl methyl sites for hydroxylation is 1. The molecule has 7 heteroatoms. The molecule has 0 radical (unpaired) electrons. The van der Waals surface area contributed by atoms with Crippen LogP contribution >= 0.6 is 0 Å². The summed E-state index contributed by atoms with van der Waals surface area (Å²) in [6.45, 7) is 1.21. The van der Waals surface area contributed by atoms with Crippen molar-refractivity contribution in [3.05, 3.63) is 39.9 Å². The molecule has 0 saturated heterocycles. The first-order chi connectivity index (χ1) is 8.79. The average Bonchev–Trinajstić information content (AvgIpc) is 2.35. The Labute approximate surface area is 109 Å². The highest BCUT2D eigenvalue weighted by Crippen LogP contribution is 2.27. The standard InChI is InChI=1S/C12H14N2O5/c1-12(10(13)15,11(16)17)7-6-8-4-2-3-5-9(8)14(18)19/h2-5H,6-7H2,1H3,(H2,13,15)(H,16,17). The molecule has 102 valence electrons. The predicted octanol–water partition coefficient (Wildman–Crippen LogP) is 1.10. The van der Waals surface area contributed by atoms with Crippen molar-refractivity contribution in [3.63, 3.8) is 0 Å². The number of aliphatic carboxylic acids is 1. The van der Waals surface area contributed by atoms with E-state index in [0.717, 1.165) is 0 Å². The van der Waals surface area contributed by atoms with E-state index in [2.05, 4.69) is 0 Å². The van der Waals surface area contributed by atoms with Crippen molar-refractivity contribution in [1.29, 1.82) is 0 Å². The minimum atomic E-state index is -1.73. The van der Waals surface area contributed by atoms with E-state index in [9.17, 15) is 19.7 Å². The fraction of sp³-hybridized carbons (Fsp3) is 0.333. The number of carbonyl (C=O) groups is 2. The van der Waals surface area contributed by atoms with Crippen molar-refractivity contribution in [1.82, 2.24) is 0 Å². The largest absolute Gasteiger partial charge is 0.480 e. The minimum absolute atomic E-state index is 0.0862. The molecule has 0 heterocycles. The van der Waals surface area contributed by atoms with Crippen molar-refractivity contribution in [2.45, 2.75) is 19.8 Å². The third-order valence-electron chi connectivity index (χ3n) is 3.10. The number of carboxylic acid groups (broad SMARTS) is 1. The molecule has 0 aliphatic rings. The van der Waals surface area contributed by atoms with Crippen LogP contribution in [-0.4, -0.2) is 21.9 Å². The van der Waals surface area contributed by atoms with Gasteiger partial charge >= 0.3 is 5.97 Å². The zero-order valence-corrected chi connectivity index (χ0v) is 10.3. The minimum Gasteiger partial charge on any atom is -0.480 e. The van der Waals surface area contributed by atoms with Crippen LogP contribution in [0.4, 0.5) is 5.69 Å². The molecular weight excluding hydrogens is 252 g/mol. The van der Waals surface area contributed by atoms with Gasteiger partial charge in [-0.05, 0) is 19.8 Å². The molecule has 1 amide bonds. The van der Waals surface area contributed by atoms with Gasteiger partial charge in [-0.15, -0.1) is 0 Å². The van der Waals surface area contributed by atoms with Crippen LogP contribution in [0.5, 0.6) is 0 Å². The molecule has 1 atom stereocenters. The predicted molar refractivity (Wildman–Crippen MR) is 66.4 cm³/mol. The Balaban J connectivity index is 2.96. The SMILES string of the molecule is CC(CCc1ccccc1[N+](=O)[O-])(C(N)=O)C(=O)O. The Kier molecular flexibility index (Phi) is 4.21. The molecule has 0 bridgehead atoms. The van der Waals surface area contributed by atoms with Gasteiger partial charge < -0.3 is 10.8 Å². The van der Waals surface area contributed by atoms with Gasteiger partial charge in [0.2, 0.25) is 5.91 Å². The van der Waals surface area contributed by atoms with E-state index >= 15 is 0 Å². The molecule has 19 heavy (non-hydrogen) atoms. The summed E-state index contributed by atoms with van der Waals surface area (Å²) in [5.41, 5.74) is 3.63. The molecule has 3 N–H and O–H groups in total. The Morgan fingerprint density at radius 1 is 1.42 bits per heavy atom. The van der Waals surface area contributed by atoms with E-state index in [1.54, 1.807) is 6.07 Å². The summed E-state index contributed by atoms with van der Waals surface area (Å²) in [6, 6.07) is 6.00. The quantitative estimate of drug-likeness (QED) is 0.453. The monoisotopic (exact) mass is 266 g/mol. The lowest BCUT2D eigenvalue weighted by Crippen LogP contribution is -2.41. The molecule has 0 aromatic heterocycles. The smallest absolute Gasteiger partial charge is 0.318 e. The summed E-state index contributed by atoms with van der Waals surface area (Å²) in [5.74, 6) is -2.29. The summed E-state index contributed by atoms with van der Waals surface area (Å²) in [6.07, 6.45) is -0.00852. The highest BCUT2D eigenvalue weighted by atomic mass is 16.6. The molecule has 0 saturated carbocycles. The zero-order chi connectivity index (χ0) is 14.6. The first-order valence-corrected chi connectivity index (χ1v) is 5.54. The number of nitrogens with zero attached hydrogens (tertiary/aromatic N) is 1. The van der Waals surface area contributed by atoms with Gasteiger partial charge in [0, 0.05) is 11.6 Å². The molecular formula is C12H14N2O5. The van der Waals surface area contributed by atoms with Crippen molar-refractivity contribution in [2.75, 3.05) is 0 Å². The third kappa shape index (κ3) is 3.06. The maximum atomic E-state index is 11.2. The van der Waals surface area contributed by atoms with E-state index in [4.69, 9.17) is 10.8 Å². The van der Waals surface area contributed by atoms with Crippen LogP contribution in [0.15, 0.2) is 24.3 Å². The molecule has 1 unspecified atom stereocenters. The first-order valence-electron chi connectivity index (χ1n) is 5.54. The van der Waals surface area contributed by atoms with E-state index < -0.39 is 22.2 Å². The zero-order valence-electron chi connectivity index (χ0n) is 10.3. The molecule has 1 aromatic rings. The molecule has 0 spiro atoms. The van der Waals surface area contributed by atoms with Gasteiger partial charge in [0.05, 0.1) is 4.92 Å². The van der Waals surface area contributed by atoms with Gasteiger partial charge in [-0.3, -0.25) is 19.7 Å². The van der Waals surface area contributed by atoms with Crippen LogP contribution in [0.25, 0.3) is 0 Å². The lowest BCUT2D eigenvalue weighted by Gasteiger charge is -2.20. The highest BCUT2D eigenvalue weighted by molar-refractivity contribution is 6.00. The van der Waals surface area contributed by atoms with Gasteiger partial charge in [0.15, 0.2) is 0 Å². The van der Waals surface area contributed by atoms with Crippen LogP contribution < -0.4 is 5.73 Å². The van der Waals surface area contributed by atoms with Crippen LogP contribution in [-0.2, 0) is 16.0 Å². The van der Waals surface area contributed by atoms with E-state index in [1.165, 1.54) is 25.1 Å². The topological polar surface area (TPSA) is 124 Å². The molecule has 0 aliphatic heterocycles. The maximum Gasteiger partial charge on any atom is 0.318 e. The molecule has 1 aromatic carbocycles. The number of carbonyl (C=O) groups excluding carboxylic acids is 1. The number of nitro groups is 1. The van der Waals surface area contributed by atoms with Crippen LogP contribution in [0.2, 0.25) is 0 Å². The van der Waals surface area contributed by atoms with Gasteiger partial charge in [-0.25, -0.2) is 0 Å². The van der Waals surface area contributed by atoms with Crippen molar-refractivity contribution < 1.29 is 19.6 Å². The van der Waals surface area contributed by atoms with E-state index in [0.29, 0.717) is 5.56 Å². The van der Waals surface area contributed by atoms with Gasteiger partial charge in [0.25, 0.3) is 5.69 Å². The van der Waals surface area contributed by atoms with E-state index in [-0.39, 0.29) is 18.5 Å². The van der Waals surface area contributed by atoms with Gasteiger partial charge in [0.1, 0.15) is 5.41 Å². The number of para-hydroxylation sites is 1. The van der Waals surface area contributed by atoms with Crippen molar-refractivity contribution >= 4 is 17.6 Å². The second-order valence-corrected chi connectivity index (χ2v) is 4.39. The average molecular weight is 266 g/mol. The molecule has 7 nitrogen and oxygen atoms in total. The van der Waals surface area contributed by atoms with Crippen LogP contribution in [0, 0.1) is 15.5 Å². The molecule has 0 fully saturated rings. The van der Waals surface area contributed by atoms with Crippen LogP contribution in [0.3, 0.4) is 0 Å². The number of primary amides is 1. The molecule has 0 aliphatic carbocycles. The Hall–Kier alpha value is -2.44. The van der Waals surface area contributed by atoms with E-state index in [1.807, 2.05) is 0 Å². The Morgan fingerprint density at radius 3 is 2.47 bits per heavy atom. The number of rotatable bonds is 6. The Bertz CT molecular complexity index is 513. The number of carboxylic acids is 1. The lowest BCUT2D eigenvalue weighted by molar-refractivity contribution is -0.385. The first kappa shape index (κ1) is 14.6. The highest BCUT2D eigenvalue weighted by Gasteiger charge is 2.39. The van der Waals surface area contributed by atoms with Crippen LogP contribution in [0.1, 0.15) is 18.9 Å². The normalized spacial score (nSPS) is 13.5. The van der Waals surface area contributed by atoms with Crippen molar-refractivity contribution in [3.8, 4) is 0 Å². The maximum absolute atomic E-state index is 11.2. The second kappa shape index (κ2) is 5.47. The second-order valence-electron chi connectivity index (χ2n) is 4.39. The number of nitro benzene ring substituents is 1. The summed E-state index contributed by atoms with van der Waals surface area (Å²) in [7, 11) is 0. The number of hydrogen-bond acceptors (Lipinski definition) is 4. The summed E-state index contributed by atoms with van der Waals surface area (Å²) in [5, 5.41) is 19.8. The Morgan fingerprint density at radius 2 is 2.00 bits per heavy atom. The fourth-order valence-electron chi connectivity index (χ4n) is 1.62. The summed E-state index contributed by atoms with van der Waals surface area (Å²) >= 11 is 0. The molecule has 1 rings (SSSR count). The number of benzene rings is 1. The lowest BCUT2D eigenvalue weighted by atomic mass is 9.83. The number of hydrogen-bond donors (Lipinski definition) is 2. The van der Waals surface area contributed by atoms with Crippen molar-refractivity contribution in [2.24, 2.45) is 11.1 Å².